The van der Waals surface area contributed by atoms with Crippen molar-refractivity contribution in [2.24, 2.45) is 0 Å². The Morgan fingerprint density at radius 2 is 1.83 bits per heavy atom. The molecule has 0 saturated heterocycles. The van der Waals surface area contributed by atoms with Crippen molar-refractivity contribution in [1.82, 2.24) is 2.95 Å². The first-order chi connectivity index (χ1) is 5.70. The van der Waals surface area contributed by atoms with Crippen LogP contribution in [0, 0.1) is 0 Å². The summed E-state index contributed by atoms with van der Waals surface area (Å²) in [6.45, 7) is 2.15. The summed E-state index contributed by atoms with van der Waals surface area (Å²) in [5.41, 5.74) is 1.36. The Morgan fingerprint density at radius 3 is 2.33 bits per heavy atom. The van der Waals surface area contributed by atoms with Gasteiger partial charge in [0.2, 0.25) is 0 Å². The van der Waals surface area contributed by atoms with Gasteiger partial charge >= 0.3 is 0 Å². The Labute approximate surface area is 90.4 Å². The molecule has 0 aromatic heterocycles. The molecule has 0 N–H and O–H groups in total. The van der Waals surface area contributed by atoms with Crippen molar-refractivity contribution in [3.63, 3.8) is 0 Å². The van der Waals surface area contributed by atoms with E-state index in [0.717, 1.165) is 6.42 Å². The fourth-order valence-corrected chi connectivity index (χ4v) is 1.31. The highest BCUT2D eigenvalue weighted by molar-refractivity contribution is 9.21. The van der Waals surface area contributed by atoms with Crippen molar-refractivity contribution in [2.75, 3.05) is 0 Å². The lowest BCUT2D eigenvalue weighted by Crippen LogP contribution is -2.16. The van der Waals surface area contributed by atoms with Gasteiger partial charge in [0.05, 0.1) is 0 Å². The largest absolute Gasteiger partial charge is 0.175 e. The van der Waals surface area contributed by atoms with E-state index in [2.05, 4.69) is 63.5 Å². The zero-order chi connectivity index (χ0) is 8.97. The van der Waals surface area contributed by atoms with Crippen LogP contribution in [-0.4, -0.2) is 8.99 Å². The van der Waals surface area contributed by atoms with Crippen LogP contribution in [0.25, 0.3) is 0 Å². The molecule has 1 atom stereocenters. The summed E-state index contributed by atoms with van der Waals surface area (Å²) in [6.07, 6.45) is 1.04. The van der Waals surface area contributed by atoms with Crippen LogP contribution >= 0.6 is 32.3 Å². The minimum atomic E-state index is 0.451. The van der Waals surface area contributed by atoms with Crippen molar-refractivity contribution in [3.05, 3.63) is 35.9 Å². The van der Waals surface area contributed by atoms with Crippen LogP contribution < -0.4 is 0 Å². The topological polar surface area (TPSA) is 3.24 Å². The van der Waals surface area contributed by atoms with E-state index in [-0.39, 0.29) is 0 Å². The highest BCUT2D eigenvalue weighted by Gasteiger charge is 2.07. The first kappa shape index (κ1) is 10.2. The number of hydrogen-bond donors (Lipinski definition) is 0. The second-order valence-corrected chi connectivity index (χ2v) is 5.28. The standard InChI is InChI=1S/C9H11Br2N/c1-8(12(10)11)7-9-5-3-2-4-6-9/h2-6,8H,7H2,1H3. The quantitative estimate of drug-likeness (QED) is 0.770. The highest BCUT2D eigenvalue weighted by atomic mass is 79.9. The van der Waals surface area contributed by atoms with Gasteiger partial charge in [-0.2, -0.15) is 2.95 Å². The van der Waals surface area contributed by atoms with E-state index in [1.807, 2.05) is 9.02 Å². The van der Waals surface area contributed by atoms with Crippen LogP contribution in [0.3, 0.4) is 0 Å². The minimum Gasteiger partial charge on any atom is -0.175 e. The molecule has 1 rings (SSSR count). The first-order valence-corrected chi connectivity index (χ1v) is 5.26. The smallest absolute Gasteiger partial charge is 0.0333 e. The maximum Gasteiger partial charge on any atom is 0.0333 e. The molecule has 0 fully saturated rings. The molecule has 0 amide bonds. The van der Waals surface area contributed by atoms with Gasteiger partial charge in [0.15, 0.2) is 0 Å². The second-order valence-electron chi connectivity index (χ2n) is 2.80. The van der Waals surface area contributed by atoms with Gasteiger partial charge in [0.1, 0.15) is 0 Å². The van der Waals surface area contributed by atoms with Gasteiger partial charge in [-0.25, -0.2) is 0 Å². The molecule has 3 heteroatoms. The summed E-state index contributed by atoms with van der Waals surface area (Å²) >= 11 is 6.69. The summed E-state index contributed by atoms with van der Waals surface area (Å²) in [6, 6.07) is 10.9. The zero-order valence-corrected chi connectivity index (χ0v) is 10.0. The Bertz CT molecular complexity index is 223. The average molecular weight is 293 g/mol. The molecule has 12 heavy (non-hydrogen) atoms. The maximum absolute atomic E-state index is 3.35. The fraction of sp³-hybridized carbons (Fsp3) is 0.333. The van der Waals surface area contributed by atoms with Crippen molar-refractivity contribution < 1.29 is 0 Å². The predicted octanol–water partition coefficient (Wildman–Crippen LogP) is 3.54. The van der Waals surface area contributed by atoms with E-state index < -0.39 is 0 Å². The number of halogens is 2. The van der Waals surface area contributed by atoms with Crippen LogP contribution in [0.1, 0.15) is 12.5 Å². The molecular weight excluding hydrogens is 282 g/mol. The lowest BCUT2D eigenvalue weighted by atomic mass is 10.1. The average Bonchev–Trinajstić information content (AvgIpc) is 2.06. The van der Waals surface area contributed by atoms with E-state index >= 15 is 0 Å². The first-order valence-electron chi connectivity index (χ1n) is 3.85. The van der Waals surface area contributed by atoms with Crippen LogP contribution in [-0.2, 0) is 6.42 Å². The van der Waals surface area contributed by atoms with Gasteiger partial charge in [-0.15, -0.1) is 0 Å². The Balaban J connectivity index is 2.53. The fourth-order valence-electron chi connectivity index (χ4n) is 1.02. The molecule has 0 aliphatic carbocycles. The molecule has 1 aromatic carbocycles. The Kier molecular flexibility index (Phi) is 4.26. The van der Waals surface area contributed by atoms with Crippen molar-refractivity contribution in [2.45, 2.75) is 19.4 Å². The van der Waals surface area contributed by atoms with E-state index in [1.165, 1.54) is 5.56 Å². The molecule has 1 unspecified atom stereocenters. The summed E-state index contributed by atoms with van der Waals surface area (Å²) in [5.74, 6) is 0. The summed E-state index contributed by atoms with van der Waals surface area (Å²) in [7, 11) is 0. The monoisotopic (exact) mass is 291 g/mol. The number of hydrogen-bond acceptors (Lipinski definition) is 1. The van der Waals surface area contributed by atoms with Crippen LogP contribution in [0.15, 0.2) is 30.3 Å². The lowest BCUT2D eigenvalue weighted by molar-refractivity contribution is 0.574. The van der Waals surface area contributed by atoms with Crippen LogP contribution in [0.4, 0.5) is 0 Å². The van der Waals surface area contributed by atoms with Gasteiger partial charge in [-0.3, -0.25) is 0 Å². The molecule has 1 nitrogen and oxygen atoms in total. The van der Waals surface area contributed by atoms with E-state index in [1.54, 1.807) is 0 Å². The predicted molar refractivity (Wildman–Crippen MR) is 59.3 cm³/mol. The zero-order valence-electron chi connectivity index (χ0n) is 6.87. The molecule has 0 aliphatic rings. The van der Waals surface area contributed by atoms with Gasteiger partial charge in [0.25, 0.3) is 0 Å². The number of benzene rings is 1. The number of nitrogens with zero attached hydrogens (tertiary/aromatic N) is 1. The molecule has 0 radical (unpaired) electrons. The van der Waals surface area contributed by atoms with Gasteiger partial charge in [0, 0.05) is 38.3 Å². The van der Waals surface area contributed by atoms with Crippen molar-refractivity contribution in [1.29, 1.82) is 0 Å². The van der Waals surface area contributed by atoms with Crippen LogP contribution in [0.5, 0.6) is 0 Å². The summed E-state index contributed by atoms with van der Waals surface area (Å²) < 4.78 is 1.87. The molecular formula is C9H11Br2N. The maximum atomic E-state index is 3.35. The van der Waals surface area contributed by atoms with E-state index in [0.29, 0.717) is 6.04 Å². The van der Waals surface area contributed by atoms with E-state index in [9.17, 15) is 0 Å². The van der Waals surface area contributed by atoms with Crippen molar-refractivity contribution >= 4 is 32.3 Å². The third-order valence-electron chi connectivity index (χ3n) is 1.71. The Morgan fingerprint density at radius 1 is 1.25 bits per heavy atom. The summed E-state index contributed by atoms with van der Waals surface area (Å²) in [5, 5.41) is 0. The highest BCUT2D eigenvalue weighted by Crippen LogP contribution is 2.15. The minimum absolute atomic E-state index is 0.451. The third-order valence-corrected chi connectivity index (χ3v) is 3.11. The van der Waals surface area contributed by atoms with Crippen molar-refractivity contribution in [3.8, 4) is 0 Å². The molecule has 0 spiro atoms. The molecule has 1 aromatic rings. The van der Waals surface area contributed by atoms with Gasteiger partial charge < -0.3 is 0 Å². The molecule has 0 aliphatic heterocycles. The number of rotatable bonds is 3. The molecule has 66 valence electrons. The summed E-state index contributed by atoms with van der Waals surface area (Å²) in [4.78, 5) is 0. The van der Waals surface area contributed by atoms with E-state index in [4.69, 9.17) is 0 Å². The van der Waals surface area contributed by atoms with Gasteiger partial charge in [-0.1, -0.05) is 30.3 Å². The second kappa shape index (κ2) is 5.00. The van der Waals surface area contributed by atoms with Crippen LogP contribution in [0.2, 0.25) is 0 Å². The lowest BCUT2D eigenvalue weighted by Gasteiger charge is -2.14. The molecule has 0 saturated carbocycles. The van der Waals surface area contributed by atoms with Gasteiger partial charge in [-0.05, 0) is 18.9 Å². The Hall–Kier alpha value is 0.140. The SMILES string of the molecule is CC(Cc1ccccc1)N(Br)Br. The molecule has 0 heterocycles. The third kappa shape index (κ3) is 3.25. The molecule has 0 bridgehead atoms. The normalized spacial score (nSPS) is 13.3.